The maximum Gasteiger partial charge on any atom is -1.00 e. The van der Waals surface area contributed by atoms with Crippen molar-refractivity contribution in [1.29, 1.82) is 0 Å². The van der Waals surface area contributed by atoms with Crippen LogP contribution >= 0.6 is 15.8 Å². The first-order chi connectivity index (χ1) is 23.6. The van der Waals surface area contributed by atoms with Crippen LogP contribution in [-0.4, -0.2) is 24.6 Å². The summed E-state index contributed by atoms with van der Waals surface area (Å²) in [4.78, 5) is 0. The Morgan fingerprint density at radius 3 is 1.10 bits per heavy atom. The van der Waals surface area contributed by atoms with Crippen LogP contribution in [0.2, 0.25) is 0 Å². The second-order valence-electron chi connectivity index (χ2n) is 15.9. The van der Waals surface area contributed by atoms with Crippen molar-refractivity contribution in [2.45, 2.75) is 62.7 Å². The molecule has 4 aromatic carbocycles. The Hall–Kier alpha value is -1.33. The summed E-state index contributed by atoms with van der Waals surface area (Å²) in [7, 11) is -0.399. The molecule has 0 amide bonds. The van der Waals surface area contributed by atoms with Crippen molar-refractivity contribution in [2.24, 2.45) is 23.7 Å². The van der Waals surface area contributed by atoms with Crippen molar-refractivity contribution in [3.63, 3.8) is 0 Å². The van der Waals surface area contributed by atoms with Crippen molar-refractivity contribution in [1.82, 2.24) is 0 Å². The summed E-state index contributed by atoms with van der Waals surface area (Å²) in [5.41, 5.74) is 12.0. The van der Waals surface area contributed by atoms with Gasteiger partial charge in [0, 0.05) is 0 Å². The van der Waals surface area contributed by atoms with E-state index in [2.05, 4.69) is 165 Å². The van der Waals surface area contributed by atoms with Crippen LogP contribution < -0.4 is 24.8 Å². The van der Waals surface area contributed by atoms with Gasteiger partial charge in [0.05, 0.1) is 0 Å². The minimum Gasteiger partial charge on any atom is -1.00 e. The van der Waals surface area contributed by atoms with Gasteiger partial charge in [-0.25, -0.2) is 0 Å². The maximum atomic E-state index is 2.75. The first-order valence-corrected chi connectivity index (χ1v) is 26.2. The minimum absolute atomic E-state index is 0. The molecule has 0 bridgehead atoms. The second-order valence-corrected chi connectivity index (χ2v) is 25.9. The molecule has 0 fully saturated rings. The quantitative estimate of drug-likeness (QED) is 0.0886. The summed E-state index contributed by atoms with van der Waals surface area (Å²) < 4.78 is 1.30. The van der Waals surface area contributed by atoms with Crippen molar-refractivity contribution in [3.8, 4) is 22.3 Å². The molecule has 0 heterocycles. The Kier molecular flexibility index (Phi) is 16.1. The molecule has 0 radical (unpaired) electrons. The fourth-order valence-corrected chi connectivity index (χ4v) is 25.5. The van der Waals surface area contributed by atoms with Gasteiger partial charge in [-0.15, -0.1) is 0 Å². The van der Waals surface area contributed by atoms with Gasteiger partial charge in [-0.3, -0.25) is 0 Å². The van der Waals surface area contributed by atoms with Gasteiger partial charge >= 0.3 is 314 Å². The number of rotatable bonds is 14. The first-order valence-electron chi connectivity index (χ1n) is 18.7. The van der Waals surface area contributed by atoms with E-state index in [0.29, 0.717) is 7.35 Å². The van der Waals surface area contributed by atoms with Crippen LogP contribution in [0.25, 0.3) is 34.4 Å². The number of fused-ring (bicyclic) bond motifs is 2. The fourth-order valence-electron chi connectivity index (χ4n) is 7.91. The van der Waals surface area contributed by atoms with Crippen molar-refractivity contribution >= 4 is 28.0 Å². The van der Waals surface area contributed by atoms with E-state index in [1.165, 1.54) is 58.0 Å². The Labute approximate surface area is 336 Å². The zero-order chi connectivity index (χ0) is 34.7. The van der Waals surface area contributed by atoms with Gasteiger partial charge < -0.3 is 24.8 Å². The third-order valence-electron chi connectivity index (χ3n) is 9.65. The minimum atomic E-state index is -1.40. The van der Waals surface area contributed by atoms with Gasteiger partial charge in [0.15, 0.2) is 0 Å². The van der Waals surface area contributed by atoms with Crippen LogP contribution in [0.3, 0.4) is 0 Å². The van der Waals surface area contributed by atoms with Gasteiger partial charge in [0.2, 0.25) is 0 Å². The molecule has 6 rings (SSSR count). The topological polar surface area (TPSA) is 0 Å². The normalized spacial score (nSPS) is 16.3. The molecule has 0 N–H and O–H groups in total. The number of allylic oxidation sites excluding steroid dienone is 2. The van der Waals surface area contributed by atoms with E-state index in [1.54, 1.807) is 11.1 Å². The van der Waals surface area contributed by atoms with E-state index in [1.807, 2.05) is 10.6 Å². The molecule has 0 aliphatic heterocycles. The van der Waals surface area contributed by atoms with Crippen molar-refractivity contribution in [3.05, 3.63) is 130 Å². The standard InChI is InChI=1S/2C23H28P.2ClH.Hf/c2*1-17(2)15-24(16-18(3)4)21-13-20-11-8-12-22(23(20)14-21)19-9-6-5-7-10-19;;;/h2*5-14,17-18H,15-16H2,1-4H3;2*1H;/q;;;;+2/p-2. The molecule has 0 saturated carbocycles. The second kappa shape index (κ2) is 19.3. The van der Waals surface area contributed by atoms with Gasteiger partial charge in [-0.2, -0.15) is 0 Å². The Morgan fingerprint density at radius 1 is 0.451 bits per heavy atom. The van der Waals surface area contributed by atoms with Crippen LogP contribution in [-0.2, 0) is 22.9 Å². The fraction of sp³-hybridized carbons (Fsp3) is 0.391. The third-order valence-corrected chi connectivity index (χ3v) is 25.2. The molecule has 4 aromatic rings. The summed E-state index contributed by atoms with van der Waals surface area (Å²) in [5.74, 6) is 2.88. The van der Waals surface area contributed by atoms with Crippen LogP contribution in [0.1, 0.15) is 85.0 Å². The summed E-state index contributed by atoms with van der Waals surface area (Å²) in [6.07, 6.45) is 10.9. The third kappa shape index (κ3) is 10.1. The average Bonchev–Trinajstić information content (AvgIpc) is 3.63. The first kappa shape index (κ1) is 42.4. The predicted molar refractivity (Wildman–Crippen MR) is 218 cm³/mol. The van der Waals surface area contributed by atoms with Gasteiger partial charge in [0.25, 0.3) is 0 Å². The van der Waals surface area contributed by atoms with E-state index in [-0.39, 0.29) is 40.7 Å². The molecular weight excluding hydrogens is 864 g/mol. The van der Waals surface area contributed by atoms with Crippen molar-refractivity contribution in [2.75, 3.05) is 24.6 Å². The monoisotopic (exact) mass is 920 g/mol. The van der Waals surface area contributed by atoms with Gasteiger partial charge in [-0.1, -0.05) is 0 Å². The molecular formula is C46H56Cl2HfP2. The number of hydrogen-bond donors (Lipinski definition) is 0. The molecule has 5 heteroatoms. The van der Waals surface area contributed by atoms with Gasteiger partial charge in [0.1, 0.15) is 0 Å². The van der Waals surface area contributed by atoms with E-state index in [4.69, 9.17) is 0 Å². The van der Waals surface area contributed by atoms with E-state index in [0.717, 1.165) is 23.7 Å². The van der Waals surface area contributed by atoms with E-state index in [9.17, 15) is 0 Å². The smallest absolute Gasteiger partial charge is 1.00 e. The molecule has 0 aromatic heterocycles. The molecule has 268 valence electrons. The van der Waals surface area contributed by atoms with Crippen LogP contribution in [0.5, 0.6) is 0 Å². The summed E-state index contributed by atoms with van der Waals surface area (Å²) >= 11 is -1.40. The molecule has 51 heavy (non-hydrogen) atoms. The largest absolute Gasteiger partial charge is 1.00 e. The molecule has 0 saturated heterocycles. The average molecular weight is 920 g/mol. The van der Waals surface area contributed by atoms with Crippen LogP contribution in [0.15, 0.2) is 108 Å². The van der Waals surface area contributed by atoms with E-state index >= 15 is 0 Å². The predicted octanol–water partition coefficient (Wildman–Crippen LogP) is 8.19. The van der Waals surface area contributed by atoms with Crippen LogP contribution in [0, 0.1) is 23.7 Å². The molecule has 2 atom stereocenters. The van der Waals surface area contributed by atoms with Gasteiger partial charge in [-0.05, 0) is 0 Å². The van der Waals surface area contributed by atoms with Crippen molar-refractivity contribution < 1.29 is 47.7 Å². The number of hydrogen-bond acceptors (Lipinski definition) is 0. The molecule has 0 nitrogen and oxygen atoms in total. The molecule has 2 unspecified atom stereocenters. The zero-order valence-electron chi connectivity index (χ0n) is 31.8. The molecule has 2 aliphatic rings. The zero-order valence-corrected chi connectivity index (χ0v) is 38.7. The molecule has 2 aliphatic carbocycles. The van der Waals surface area contributed by atoms with E-state index < -0.39 is 22.9 Å². The Morgan fingerprint density at radius 2 is 0.784 bits per heavy atom. The number of halogens is 2. The maximum absolute atomic E-state index is 2.75. The Balaban J connectivity index is 0.00000292. The number of benzene rings is 4. The molecule has 0 spiro atoms. The Bertz CT molecular complexity index is 1630. The summed E-state index contributed by atoms with van der Waals surface area (Å²) in [6, 6.07) is 37.0. The van der Waals surface area contributed by atoms with Crippen LogP contribution in [0.4, 0.5) is 0 Å². The summed E-state index contributed by atoms with van der Waals surface area (Å²) in [5, 5.41) is 3.70. The SMILES string of the molecule is CC(C)CP(CC(C)C)C1=Cc2c(-c3ccccc3)cccc2[CH]1[Hf+2][CH]1C(P(CC(C)C)CC(C)C)=Cc2c(-c3ccccc3)cccc21.[Cl-].[Cl-]. The summed E-state index contributed by atoms with van der Waals surface area (Å²) in [6.45, 7) is 19.6.